The van der Waals surface area contributed by atoms with E-state index >= 15 is 0 Å². The van der Waals surface area contributed by atoms with E-state index in [-0.39, 0.29) is 18.3 Å². The van der Waals surface area contributed by atoms with Crippen LogP contribution in [-0.2, 0) is 20.6 Å². The van der Waals surface area contributed by atoms with Crippen LogP contribution >= 0.6 is 0 Å². The molecule has 0 bridgehead atoms. The lowest BCUT2D eigenvalue weighted by atomic mass is 9.93. The van der Waals surface area contributed by atoms with Gasteiger partial charge in [-0.2, -0.15) is 0 Å². The highest BCUT2D eigenvalue weighted by Gasteiger charge is 2.36. The van der Waals surface area contributed by atoms with Gasteiger partial charge in [0.1, 0.15) is 18.1 Å². The molecule has 1 amide bonds. The summed E-state index contributed by atoms with van der Waals surface area (Å²) in [6, 6.07) is 11.8. The summed E-state index contributed by atoms with van der Waals surface area (Å²) in [6.07, 6.45) is 0. The molecule has 7 nitrogen and oxygen atoms in total. The van der Waals surface area contributed by atoms with E-state index in [2.05, 4.69) is 4.72 Å². The molecule has 0 radical (unpaired) electrons. The lowest BCUT2D eigenvalue weighted by Gasteiger charge is -2.24. The fraction of sp³-hybridized carbons (Fsp3) is 0.350. The van der Waals surface area contributed by atoms with Crippen LogP contribution in [0, 0.1) is 5.41 Å². The quantitative estimate of drug-likeness (QED) is 0.828. The number of anilines is 2. The molecular weight excluding hydrogens is 380 g/mol. The molecule has 3 rings (SSSR count). The molecule has 1 aliphatic rings. The van der Waals surface area contributed by atoms with Gasteiger partial charge in [-0.15, -0.1) is 0 Å². The molecule has 1 aliphatic heterocycles. The van der Waals surface area contributed by atoms with E-state index < -0.39 is 15.4 Å². The summed E-state index contributed by atoms with van der Waals surface area (Å²) in [4.78, 5) is 14.1. The van der Waals surface area contributed by atoms with Crippen molar-refractivity contribution in [1.29, 1.82) is 0 Å². The molecule has 28 heavy (non-hydrogen) atoms. The van der Waals surface area contributed by atoms with Crippen molar-refractivity contribution in [2.24, 2.45) is 5.41 Å². The van der Waals surface area contributed by atoms with Crippen LogP contribution in [-0.4, -0.2) is 35.1 Å². The third-order valence-corrected chi connectivity index (χ3v) is 5.84. The van der Waals surface area contributed by atoms with E-state index in [1.807, 2.05) is 13.8 Å². The van der Waals surface area contributed by atoms with Crippen molar-refractivity contribution >= 4 is 27.3 Å². The monoisotopic (exact) mass is 404 g/mol. The molecule has 2 aromatic rings. The van der Waals surface area contributed by atoms with Crippen molar-refractivity contribution in [3.8, 4) is 11.5 Å². The average molecular weight is 404 g/mol. The fourth-order valence-corrected chi connectivity index (χ4v) is 4.20. The van der Waals surface area contributed by atoms with Crippen LogP contribution < -0.4 is 19.1 Å². The Hall–Kier alpha value is -2.74. The van der Waals surface area contributed by atoms with E-state index in [4.69, 9.17) is 9.47 Å². The molecular formula is C20H24N2O5S. The zero-order valence-corrected chi connectivity index (χ0v) is 17.2. The number of amides is 1. The van der Waals surface area contributed by atoms with Crippen molar-refractivity contribution in [3.63, 3.8) is 0 Å². The largest absolute Gasteiger partial charge is 0.497 e. The third kappa shape index (κ3) is 4.22. The van der Waals surface area contributed by atoms with Crippen LogP contribution in [0.3, 0.4) is 0 Å². The van der Waals surface area contributed by atoms with Crippen LogP contribution in [0.5, 0.6) is 11.5 Å². The highest BCUT2D eigenvalue weighted by atomic mass is 32.2. The van der Waals surface area contributed by atoms with Crippen molar-refractivity contribution in [2.45, 2.75) is 19.6 Å². The van der Waals surface area contributed by atoms with Crippen LogP contribution in [0.1, 0.15) is 19.4 Å². The van der Waals surface area contributed by atoms with Crippen LogP contribution in [0.2, 0.25) is 0 Å². The standard InChI is InChI=1S/C20H24N2O5S/c1-20(2)13-27-18-11-15(7-10-17(18)22(3)19(20)23)21-28(24,25)12-14-5-8-16(26-4)9-6-14/h5-11,21H,12-13H2,1-4H3. The minimum Gasteiger partial charge on any atom is -0.497 e. The first-order chi connectivity index (χ1) is 13.1. The van der Waals surface area contributed by atoms with Crippen molar-refractivity contribution < 1.29 is 22.7 Å². The van der Waals surface area contributed by atoms with Crippen LogP contribution in [0.25, 0.3) is 0 Å². The highest BCUT2D eigenvalue weighted by molar-refractivity contribution is 7.91. The number of methoxy groups -OCH3 is 1. The lowest BCUT2D eigenvalue weighted by Crippen LogP contribution is -2.39. The predicted molar refractivity (Wildman–Crippen MR) is 108 cm³/mol. The Morgan fingerprint density at radius 3 is 2.50 bits per heavy atom. The molecule has 2 aromatic carbocycles. The van der Waals surface area contributed by atoms with E-state index in [1.54, 1.807) is 56.6 Å². The number of nitrogens with one attached hydrogen (secondary N) is 1. The van der Waals surface area contributed by atoms with E-state index in [9.17, 15) is 13.2 Å². The van der Waals surface area contributed by atoms with E-state index in [0.29, 0.717) is 28.4 Å². The number of carbonyl (C=O) groups excluding carboxylic acids is 1. The third-order valence-electron chi connectivity index (χ3n) is 4.58. The Morgan fingerprint density at radius 1 is 1.18 bits per heavy atom. The second kappa shape index (κ2) is 7.35. The summed E-state index contributed by atoms with van der Waals surface area (Å²) in [7, 11) is -0.376. The number of benzene rings is 2. The second-order valence-corrected chi connectivity index (χ2v) is 9.15. The number of ether oxygens (including phenoxy) is 2. The molecule has 0 aliphatic carbocycles. The van der Waals surface area contributed by atoms with Gasteiger partial charge in [0, 0.05) is 13.1 Å². The first-order valence-corrected chi connectivity index (χ1v) is 10.4. The first kappa shape index (κ1) is 20.0. The van der Waals surface area contributed by atoms with E-state index in [1.165, 1.54) is 4.90 Å². The molecule has 0 fully saturated rings. The number of sulfonamides is 1. The average Bonchev–Trinajstić information content (AvgIpc) is 2.72. The summed E-state index contributed by atoms with van der Waals surface area (Å²) < 4.78 is 38.5. The molecule has 0 spiro atoms. The molecule has 0 unspecified atom stereocenters. The maximum absolute atomic E-state index is 12.5. The maximum Gasteiger partial charge on any atom is 0.236 e. The zero-order valence-electron chi connectivity index (χ0n) is 16.4. The fourth-order valence-electron chi connectivity index (χ4n) is 3.01. The number of nitrogens with zero attached hydrogens (tertiary/aromatic N) is 1. The smallest absolute Gasteiger partial charge is 0.236 e. The minimum absolute atomic E-state index is 0.0564. The molecule has 0 aromatic heterocycles. The van der Waals surface area contributed by atoms with Gasteiger partial charge in [-0.05, 0) is 43.7 Å². The van der Waals surface area contributed by atoms with Crippen LogP contribution in [0.4, 0.5) is 11.4 Å². The van der Waals surface area contributed by atoms with Crippen molar-refractivity contribution in [3.05, 3.63) is 48.0 Å². The Kier molecular flexibility index (Phi) is 5.25. The number of fused-ring (bicyclic) bond motifs is 1. The Labute approximate surface area is 165 Å². The van der Waals surface area contributed by atoms with Gasteiger partial charge in [-0.1, -0.05) is 12.1 Å². The Morgan fingerprint density at radius 2 is 1.86 bits per heavy atom. The molecule has 1 heterocycles. The van der Waals surface area contributed by atoms with Gasteiger partial charge >= 0.3 is 0 Å². The molecule has 0 atom stereocenters. The van der Waals surface area contributed by atoms with Gasteiger partial charge in [-0.25, -0.2) is 8.42 Å². The summed E-state index contributed by atoms with van der Waals surface area (Å²) in [5.41, 5.74) is 0.967. The number of hydrogen-bond acceptors (Lipinski definition) is 5. The van der Waals surface area contributed by atoms with Gasteiger partial charge < -0.3 is 14.4 Å². The number of rotatable bonds is 5. The highest BCUT2D eigenvalue weighted by Crippen LogP contribution is 2.37. The summed E-state index contributed by atoms with van der Waals surface area (Å²) in [6.45, 7) is 3.84. The van der Waals surface area contributed by atoms with Crippen molar-refractivity contribution in [2.75, 3.05) is 30.4 Å². The summed E-state index contributed by atoms with van der Waals surface area (Å²) in [5, 5.41) is 0. The Balaban J connectivity index is 1.80. The maximum atomic E-state index is 12.5. The normalized spacial score (nSPS) is 16.0. The van der Waals surface area contributed by atoms with Crippen molar-refractivity contribution in [1.82, 2.24) is 0 Å². The molecule has 150 valence electrons. The first-order valence-electron chi connectivity index (χ1n) is 8.80. The molecule has 8 heteroatoms. The predicted octanol–water partition coefficient (Wildman–Crippen LogP) is 3.02. The lowest BCUT2D eigenvalue weighted by molar-refractivity contribution is -0.127. The van der Waals surface area contributed by atoms with Gasteiger partial charge in [0.05, 0.1) is 29.7 Å². The minimum atomic E-state index is -3.62. The Bertz CT molecular complexity index is 984. The SMILES string of the molecule is COc1ccc(CS(=O)(=O)Nc2ccc3c(c2)OCC(C)(C)C(=O)N3C)cc1. The van der Waals surface area contributed by atoms with Crippen LogP contribution in [0.15, 0.2) is 42.5 Å². The zero-order chi connectivity index (χ0) is 20.5. The topological polar surface area (TPSA) is 84.9 Å². The van der Waals surface area contributed by atoms with E-state index in [0.717, 1.165) is 0 Å². The second-order valence-electron chi connectivity index (χ2n) is 7.43. The summed E-state index contributed by atoms with van der Waals surface area (Å²) in [5.74, 6) is 0.907. The molecule has 0 saturated heterocycles. The van der Waals surface area contributed by atoms with Gasteiger partial charge in [-0.3, -0.25) is 9.52 Å². The van der Waals surface area contributed by atoms with Gasteiger partial charge in [0.25, 0.3) is 0 Å². The van der Waals surface area contributed by atoms with Gasteiger partial charge in [0.15, 0.2) is 0 Å². The summed E-state index contributed by atoms with van der Waals surface area (Å²) >= 11 is 0. The van der Waals surface area contributed by atoms with Gasteiger partial charge in [0.2, 0.25) is 15.9 Å². The number of carbonyl (C=O) groups is 1. The molecule has 1 N–H and O–H groups in total. The molecule has 0 saturated carbocycles. The number of hydrogen-bond donors (Lipinski definition) is 1.